The van der Waals surface area contributed by atoms with Gasteiger partial charge in [0, 0.05) is 39.2 Å². The van der Waals surface area contributed by atoms with Crippen molar-refractivity contribution in [3.63, 3.8) is 0 Å². The highest BCUT2D eigenvalue weighted by Gasteiger charge is 2.17. The number of rotatable bonds is 5. The Morgan fingerprint density at radius 2 is 2.35 bits per heavy atom. The van der Waals surface area contributed by atoms with Crippen LogP contribution in [0.5, 0.6) is 0 Å². The van der Waals surface area contributed by atoms with Gasteiger partial charge < -0.3 is 14.6 Å². The van der Waals surface area contributed by atoms with Gasteiger partial charge in [0.2, 0.25) is 0 Å². The van der Waals surface area contributed by atoms with E-state index in [9.17, 15) is 9.59 Å². The summed E-state index contributed by atoms with van der Waals surface area (Å²) in [7, 11) is 3.14. The molecule has 6 heteroatoms. The van der Waals surface area contributed by atoms with Crippen LogP contribution in [0.2, 0.25) is 0 Å². The van der Waals surface area contributed by atoms with Crippen LogP contribution in [-0.2, 0) is 4.74 Å². The van der Waals surface area contributed by atoms with Crippen molar-refractivity contribution in [2.24, 2.45) is 0 Å². The second-order valence-corrected chi connectivity index (χ2v) is 4.28. The van der Waals surface area contributed by atoms with E-state index in [1.54, 1.807) is 14.2 Å². The van der Waals surface area contributed by atoms with Crippen LogP contribution in [0.15, 0.2) is 23.3 Å². The fourth-order valence-electron chi connectivity index (χ4n) is 1.40. The number of methoxy groups -OCH3 is 1. The number of amides is 1. The number of aromatic nitrogens is 1. The lowest BCUT2D eigenvalue weighted by Crippen LogP contribution is -2.36. The molecule has 0 saturated heterocycles. The number of halogens is 1. The third-order valence-corrected chi connectivity index (χ3v) is 2.48. The molecule has 1 heterocycles. The highest BCUT2D eigenvalue weighted by Crippen LogP contribution is 2.02. The number of carbonyl (C=O) groups is 1. The first-order chi connectivity index (χ1) is 8.06. The first-order valence-electron chi connectivity index (χ1n) is 5.11. The minimum atomic E-state index is -0.353. The average molecular weight is 259 g/mol. The Labute approximate surface area is 104 Å². The molecule has 0 bridgehead atoms. The number of hydrogen-bond acceptors (Lipinski definition) is 3. The van der Waals surface area contributed by atoms with Gasteiger partial charge >= 0.3 is 0 Å². The van der Waals surface area contributed by atoms with Crippen LogP contribution in [0.25, 0.3) is 0 Å². The number of ether oxygens (including phenoxy) is 1. The number of carbonyl (C=O) groups excluding carboxylic acids is 1. The monoisotopic (exact) mass is 258 g/mol. The maximum atomic E-state index is 11.9. The molecular weight excluding hydrogens is 244 g/mol. The Morgan fingerprint density at radius 1 is 1.65 bits per heavy atom. The SMILES string of the molecule is COCC(Cl)CN(C)C(=O)c1c[nH]ccc1=O. The molecule has 1 N–H and O–H groups in total. The normalized spacial score (nSPS) is 12.2. The van der Waals surface area contributed by atoms with E-state index in [1.807, 2.05) is 0 Å². The van der Waals surface area contributed by atoms with Gasteiger partial charge in [-0.2, -0.15) is 0 Å². The largest absolute Gasteiger partial charge is 0.383 e. The minimum Gasteiger partial charge on any atom is -0.383 e. The van der Waals surface area contributed by atoms with Gasteiger partial charge in [-0.25, -0.2) is 0 Å². The summed E-state index contributed by atoms with van der Waals surface area (Å²) in [4.78, 5) is 27.5. The molecule has 0 aliphatic heterocycles. The fraction of sp³-hybridized carbons (Fsp3) is 0.455. The van der Waals surface area contributed by atoms with Gasteiger partial charge in [0.1, 0.15) is 5.56 Å². The van der Waals surface area contributed by atoms with Gasteiger partial charge in [0.05, 0.1) is 12.0 Å². The highest BCUT2D eigenvalue weighted by atomic mass is 35.5. The van der Waals surface area contributed by atoms with Gasteiger partial charge in [-0.1, -0.05) is 0 Å². The molecule has 0 fully saturated rings. The van der Waals surface area contributed by atoms with Gasteiger partial charge in [-0.3, -0.25) is 9.59 Å². The van der Waals surface area contributed by atoms with E-state index in [2.05, 4.69) is 4.98 Å². The van der Waals surface area contributed by atoms with Crippen molar-refractivity contribution < 1.29 is 9.53 Å². The van der Waals surface area contributed by atoms with E-state index in [0.29, 0.717) is 13.2 Å². The molecule has 1 atom stereocenters. The molecule has 1 amide bonds. The predicted molar refractivity (Wildman–Crippen MR) is 65.5 cm³/mol. The van der Waals surface area contributed by atoms with Crippen LogP contribution in [0.4, 0.5) is 0 Å². The molecule has 0 aliphatic rings. The molecule has 1 unspecified atom stereocenters. The van der Waals surface area contributed by atoms with E-state index >= 15 is 0 Å². The van der Waals surface area contributed by atoms with Crippen molar-refractivity contribution in [3.8, 4) is 0 Å². The molecule has 0 spiro atoms. The molecule has 0 radical (unpaired) electrons. The first kappa shape index (κ1) is 13.7. The Morgan fingerprint density at radius 3 is 2.94 bits per heavy atom. The van der Waals surface area contributed by atoms with E-state index in [-0.39, 0.29) is 22.3 Å². The van der Waals surface area contributed by atoms with Crippen molar-refractivity contribution in [1.82, 2.24) is 9.88 Å². The molecule has 1 aromatic rings. The number of aromatic amines is 1. The molecule has 0 saturated carbocycles. The van der Waals surface area contributed by atoms with E-state index in [0.717, 1.165) is 0 Å². The van der Waals surface area contributed by atoms with Crippen molar-refractivity contribution >= 4 is 17.5 Å². The Hall–Kier alpha value is -1.33. The maximum Gasteiger partial charge on any atom is 0.259 e. The summed E-state index contributed by atoms with van der Waals surface area (Å²) in [5.41, 5.74) is -0.199. The topological polar surface area (TPSA) is 62.4 Å². The second kappa shape index (κ2) is 6.42. The van der Waals surface area contributed by atoms with Gasteiger partial charge in [0.25, 0.3) is 5.91 Å². The molecule has 0 aromatic carbocycles. The maximum absolute atomic E-state index is 11.9. The standard InChI is InChI=1S/C11H15ClN2O3/c1-14(6-8(12)7-17-2)11(16)9-5-13-4-3-10(9)15/h3-5,8H,6-7H2,1-2H3,(H,13,15). The van der Waals surface area contributed by atoms with Crippen LogP contribution in [-0.4, -0.2) is 48.5 Å². The summed E-state index contributed by atoms with van der Waals surface area (Å²) in [5, 5.41) is -0.295. The fourth-order valence-corrected chi connectivity index (χ4v) is 1.74. The summed E-state index contributed by atoms with van der Waals surface area (Å²) in [6.07, 6.45) is 2.87. The minimum absolute atomic E-state index is 0.108. The number of nitrogens with one attached hydrogen (secondary N) is 1. The molecule has 0 aliphatic carbocycles. The first-order valence-corrected chi connectivity index (χ1v) is 5.55. The van der Waals surface area contributed by atoms with Crippen molar-refractivity contribution in [1.29, 1.82) is 0 Å². The van der Waals surface area contributed by atoms with Crippen LogP contribution >= 0.6 is 11.6 Å². The molecule has 5 nitrogen and oxygen atoms in total. The lowest BCUT2D eigenvalue weighted by molar-refractivity contribution is 0.0780. The summed E-state index contributed by atoms with van der Waals surface area (Å²) < 4.78 is 4.88. The number of pyridine rings is 1. The quantitative estimate of drug-likeness (QED) is 0.791. The number of H-pyrrole nitrogens is 1. The van der Waals surface area contributed by atoms with Crippen LogP contribution in [0.3, 0.4) is 0 Å². The Kier molecular flexibility index (Phi) is 5.18. The number of nitrogens with zero attached hydrogens (tertiary/aromatic N) is 1. The molecule has 1 aromatic heterocycles. The van der Waals surface area contributed by atoms with E-state index < -0.39 is 0 Å². The van der Waals surface area contributed by atoms with Crippen molar-refractivity contribution in [2.75, 3.05) is 27.3 Å². The number of hydrogen-bond donors (Lipinski definition) is 1. The van der Waals surface area contributed by atoms with E-state index in [4.69, 9.17) is 16.3 Å². The highest BCUT2D eigenvalue weighted by molar-refractivity contribution is 6.21. The molecule has 17 heavy (non-hydrogen) atoms. The smallest absolute Gasteiger partial charge is 0.259 e. The second-order valence-electron chi connectivity index (χ2n) is 3.66. The lowest BCUT2D eigenvalue weighted by Gasteiger charge is -2.19. The third-order valence-electron chi connectivity index (χ3n) is 2.22. The summed E-state index contributed by atoms with van der Waals surface area (Å²) >= 11 is 5.94. The predicted octanol–water partition coefficient (Wildman–Crippen LogP) is 0.701. The van der Waals surface area contributed by atoms with Crippen LogP contribution in [0.1, 0.15) is 10.4 Å². The molecular formula is C11H15ClN2O3. The molecule has 94 valence electrons. The van der Waals surface area contributed by atoms with Gasteiger partial charge in [0.15, 0.2) is 5.43 Å². The zero-order valence-corrected chi connectivity index (χ0v) is 10.5. The van der Waals surface area contributed by atoms with E-state index in [1.165, 1.54) is 23.4 Å². The summed E-state index contributed by atoms with van der Waals surface area (Å²) in [6, 6.07) is 1.31. The Balaban J connectivity index is 2.71. The molecule has 1 rings (SSSR count). The third kappa shape index (κ3) is 3.87. The van der Waals surface area contributed by atoms with Crippen LogP contribution < -0.4 is 5.43 Å². The zero-order valence-electron chi connectivity index (χ0n) is 9.77. The zero-order chi connectivity index (χ0) is 12.8. The van der Waals surface area contributed by atoms with Gasteiger partial charge in [-0.15, -0.1) is 11.6 Å². The van der Waals surface area contributed by atoms with Crippen molar-refractivity contribution in [3.05, 3.63) is 34.2 Å². The Bertz CT molecular complexity index is 433. The lowest BCUT2D eigenvalue weighted by atomic mass is 10.2. The number of alkyl halides is 1. The summed E-state index contributed by atoms with van der Waals surface area (Å²) in [6.45, 7) is 0.673. The average Bonchev–Trinajstić information content (AvgIpc) is 2.29. The van der Waals surface area contributed by atoms with Crippen LogP contribution in [0, 0.1) is 0 Å². The van der Waals surface area contributed by atoms with Crippen molar-refractivity contribution in [2.45, 2.75) is 5.38 Å². The van der Waals surface area contributed by atoms with Gasteiger partial charge in [-0.05, 0) is 0 Å². The summed E-state index contributed by atoms with van der Waals surface area (Å²) in [5.74, 6) is -0.353.